The minimum absolute atomic E-state index is 0.0804. The van der Waals surface area contributed by atoms with Gasteiger partial charge in [-0.25, -0.2) is 4.98 Å². The summed E-state index contributed by atoms with van der Waals surface area (Å²) in [6.45, 7) is 0. The Bertz CT molecular complexity index is 656. The number of halogens is 1. The van der Waals surface area contributed by atoms with Gasteiger partial charge in [-0.2, -0.15) is 0 Å². The van der Waals surface area contributed by atoms with Crippen molar-refractivity contribution >= 4 is 29.2 Å². The van der Waals surface area contributed by atoms with Crippen LogP contribution in [-0.4, -0.2) is 22.0 Å². The van der Waals surface area contributed by atoms with Crippen molar-refractivity contribution in [2.24, 2.45) is 0 Å². The zero-order valence-corrected chi connectivity index (χ0v) is 11.8. The van der Waals surface area contributed by atoms with Crippen LogP contribution in [-0.2, 0) is 11.2 Å². The average molecular weight is 305 g/mol. The molecule has 21 heavy (non-hydrogen) atoms. The zero-order valence-electron chi connectivity index (χ0n) is 11.0. The highest BCUT2D eigenvalue weighted by atomic mass is 35.5. The lowest BCUT2D eigenvalue weighted by Crippen LogP contribution is -2.12. The molecule has 6 heteroatoms. The number of rotatable bonds is 5. The molecule has 1 aromatic heterocycles. The quantitative estimate of drug-likeness (QED) is 0.832. The first-order chi connectivity index (χ1) is 10.1. The maximum Gasteiger partial charge on any atom is 0.303 e. The molecule has 0 aliphatic carbocycles. The molecule has 1 aromatic carbocycles. The summed E-state index contributed by atoms with van der Waals surface area (Å²) < 4.78 is 0. The molecule has 1 amide bonds. The molecular weight excluding hydrogens is 292 g/mol. The smallest absolute Gasteiger partial charge is 0.303 e. The molecule has 108 valence electrons. The molecule has 0 saturated carbocycles. The third-order valence-electron chi connectivity index (χ3n) is 2.84. The molecule has 2 aromatic rings. The van der Waals surface area contributed by atoms with E-state index in [1.54, 1.807) is 36.4 Å². The van der Waals surface area contributed by atoms with Gasteiger partial charge in [-0.3, -0.25) is 9.59 Å². The van der Waals surface area contributed by atoms with Crippen LogP contribution < -0.4 is 5.32 Å². The van der Waals surface area contributed by atoms with E-state index in [4.69, 9.17) is 16.7 Å². The maximum atomic E-state index is 12.0. The predicted octanol–water partition coefficient (Wildman–Crippen LogP) is 3.00. The maximum absolute atomic E-state index is 12.0. The molecule has 0 fully saturated rings. The van der Waals surface area contributed by atoms with Crippen LogP contribution in [0.5, 0.6) is 0 Å². The van der Waals surface area contributed by atoms with Gasteiger partial charge in [-0.15, -0.1) is 0 Å². The number of benzene rings is 1. The number of aliphatic carboxylic acids is 1. The molecular formula is C15H13ClN2O3. The molecule has 0 unspecified atom stereocenters. The number of aryl methyl sites for hydroxylation is 1. The summed E-state index contributed by atoms with van der Waals surface area (Å²) in [5.41, 5.74) is 1.81. The number of nitrogens with one attached hydrogen (secondary N) is 1. The predicted molar refractivity (Wildman–Crippen MR) is 79.6 cm³/mol. The van der Waals surface area contributed by atoms with E-state index in [0.717, 1.165) is 5.56 Å². The average Bonchev–Trinajstić information content (AvgIpc) is 2.47. The summed E-state index contributed by atoms with van der Waals surface area (Å²) in [6, 6.07) is 10.2. The number of carbonyl (C=O) groups is 2. The summed E-state index contributed by atoms with van der Waals surface area (Å²) in [6.07, 6.45) is 2.05. The van der Waals surface area contributed by atoms with Gasteiger partial charge in [-0.1, -0.05) is 23.7 Å². The van der Waals surface area contributed by atoms with E-state index in [2.05, 4.69) is 10.3 Å². The highest BCUT2D eigenvalue weighted by molar-refractivity contribution is 6.33. The van der Waals surface area contributed by atoms with Crippen molar-refractivity contribution in [1.82, 2.24) is 4.98 Å². The van der Waals surface area contributed by atoms with Crippen LogP contribution in [0.4, 0.5) is 5.69 Å². The Hall–Kier alpha value is -2.40. The summed E-state index contributed by atoms with van der Waals surface area (Å²) in [7, 11) is 0. The van der Waals surface area contributed by atoms with E-state index in [9.17, 15) is 9.59 Å². The Morgan fingerprint density at radius 3 is 2.52 bits per heavy atom. The van der Waals surface area contributed by atoms with Crippen LogP contribution in [0.1, 0.15) is 22.3 Å². The Balaban J connectivity index is 2.02. The molecule has 0 saturated heterocycles. The van der Waals surface area contributed by atoms with E-state index in [1.807, 2.05) is 0 Å². The number of pyridine rings is 1. The largest absolute Gasteiger partial charge is 0.481 e. The van der Waals surface area contributed by atoms with E-state index < -0.39 is 5.97 Å². The third-order valence-corrected chi connectivity index (χ3v) is 3.14. The Morgan fingerprint density at radius 2 is 1.90 bits per heavy atom. The standard InChI is InChI=1S/C15H13ClN2O3/c16-14-12(2-1-9-17-14)15(21)18-11-6-3-10(4-7-11)5-8-13(19)20/h1-4,6-7,9H,5,8H2,(H,18,21)(H,19,20). The van der Waals surface area contributed by atoms with Gasteiger partial charge < -0.3 is 10.4 Å². The summed E-state index contributed by atoms with van der Waals surface area (Å²) >= 11 is 5.85. The van der Waals surface area contributed by atoms with Crippen LogP contribution in [0.25, 0.3) is 0 Å². The topological polar surface area (TPSA) is 79.3 Å². The van der Waals surface area contributed by atoms with Gasteiger partial charge in [0, 0.05) is 18.3 Å². The lowest BCUT2D eigenvalue weighted by molar-refractivity contribution is -0.136. The minimum atomic E-state index is -0.835. The molecule has 2 rings (SSSR count). The zero-order chi connectivity index (χ0) is 15.2. The fraction of sp³-hybridized carbons (Fsp3) is 0.133. The van der Waals surface area contributed by atoms with Gasteiger partial charge in [0.2, 0.25) is 0 Å². The van der Waals surface area contributed by atoms with Crippen molar-refractivity contribution in [1.29, 1.82) is 0 Å². The van der Waals surface area contributed by atoms with Gasteiger partial charge in [0.15, 0.2) is 0 Å². The summed E-state index contributed by atoms with van der Waals surface area (Å²) in [4.78, 5) is 26.4. The highest BCUT2D eigenvalue weighted by Gasteiger charge is 2.10. The van der Waals surface area contributed by atoms with E-state index in [0.29, 0.717) is 17.7 Å². The molecule has 0 spiro atoms. The van der Waals surface area contributed by atoms with Crippen LogP contribution in [0, 0.1) is 0 Å². The fourth-order valence-electron chi connectivity index (χ4n) is 1.76. The molecule has 0 atom stereocenters. The summed E-state index contributed by atoms with van der Waals surface area (Å²) in [5, 5.41) is 11.5. The van der Waals surface area contributed by atoms with Crippen molar-refractivity contribution in [3.63, 3.8) is 0 Å². The number of carbonyl (C=O) groups excluding carboxylic acids is 1. The number of carboxylic acids is 1. The second kappa shape index (κ2) is 6.85. The lowest BCUT2D eigenvalue weighted by Gasteiger charge is -2.07. The normalized spacial score (nSPS) is 10.1. The first-order valence-electron chi connectivity index (χ1n) is 6.29. The molecule has 0 aliphatic heterocycles. The number of anilines is 1. The number of hydrogen-bond donors (Lipinski definition) is 2. The first kappa shape index (κ1) is 15.0. The molecule has 0 radical (unpaired) electrons. The second-order valence-corrected chi connectivity index (χ2v) is 4.74. The number of amides is 1. The van der Waals surface area contributed by atoms with E-state index >= 15 is 0 Å². The Kier molecular flexibility index (Phi) is 4.90. The summed E-state index contributed by atoms with van der Waals surface area (Å²) in [5.74, 6) is -1.18. The molecule has 0 aliphatic rings. The Morgan fingerprint density at radius 1 is 1.19 bits per heavy atom. The van der Waals surface area contributed by atoms with Crippen molar-refractivity contribution in [3.05, 3.63) is 58.9 Å². The molecule has 1 heterocycles. The Labute approximate surface area is 126 Å². The van der Waals surface area contributed by atoms with Gasteiger partial charge >= 0.3 is 5.97 Å². The van der Waals surface area contributed by atoms with Gasteiger partial charge in [0.1, 0.15) is 5.15 Å². The third kappa shape index (κ3) is 4.29. The van der Waals surface area contributed by atoms with Crippen molar-refractivity contribution in [2.45, 2.75) is 12.8 Å². The van der Waals surface area contributed by atoms with Crippen molar-refractivity contribution in [3.8, 4) is 0 Å². The first-order valence-corrected chi connectivity index (χ1v) is 6.66. The van der Waals surface area contributed by atoms with Crippen molar-refractivity contribution in [2.75, 3.05) is 5.32 Å². The monoisotopic (exact) mass is 304 g/mol. The van der Waals surface area contributed by atoms with Crippen LogP contribution in [0.2, 0.25) is 5.15 Å². The number of nitrogens with zero attached hydrogens (tertiary/aromatic N) is 1. The molecule has 0 bridgehead atoms. The number of hydrogen-bond acceptors (Lipinski definition) is 3. The fourth-order valence-corrected chi connectivity index (χ4v) is 1.97. The van der Waals surface area contributed by atoms with Gasteiger partial charge in [-0.05, 0) is 36.2 Å². The molecule has 2 N–H and O–H groups in total. The SMILES string of the molecule is O=C(O)CCc1ccc(NC(=O)c2cccnc2Cl)cc1. The van der Waals surface area contributed by atoms with Crippen LogP contribution in [0.3, 0.4) is 0 Å². The van der Waals surface area contributed by atoms with E-state index in [1.165, 1.54) is 6.20 Å². The second-order valence-electron chi connectivity index (χ2n) is 4.39. The number of carboxylic acid groups (broad SMARTS) is 1. The van der Waals surface area contributed by atoms with Gasteiger partial charge in [0.05, 0.1) is 5.56 Å². The lowest BCUT2D eigenvalue weighted by atomic mass is 10.1. The van der Waals surface area contributed by atoms with E-state index in [-0.39, 0.29) is 17.5 Å². The number of aromatic nitrogens is 1. The van der Waals surface area contributed by atoms with Crippen LogP contribution in [0.15, 0.2) is 42.6 Å². The van der Waals surface area contributed by atoms with Gasteiger partial charge in [0.25, 0.3) is 5.91 Å². The van der Waals surface area contributed by atoms with Crippen molar-refractivity contribution < 1.29 is 14.7 Å². The van der Waals surface area contributed by atoms with Crippen LogP contribution >= 0.6 is 11.6 Å². The highest BCUT2D eigenvalue weighted by Crippen LogP contribution is 2.16. The minimum Gasteiger partial charge on any atom is -0.481 e. The molecule has 5 nitrogen and oxygen atoms in total.